The number of anilines is 2. The zero-order valence-corrected chi connectivity index (χ0v) is 15.3. The van der Waals surface area contributed by atoms with E-state index in [9.17, 15) is 9.59 Å². The van der Waals surface area contributed by atoms with E-state index >= 15 is 0 Å². The van der Waals surface area contributed by atoms with Crippen molar-refractivity contribution in [2.75, 3.05) is 36.4 Å². The number of piperazine rings is 1. The van der Waals surface area contributed by atoms with E-state index in [1.165, 1.54) is 0 Å². The third-order valence-electron chi connectivity index (χ3n) is 4.51. The summed E-state index contributed by atoms with van der Waals surface area (Å²) in [5.74, 6) is 0.330. The van der Waals surface area contributed by atoms with Gasteiger partial charge in [0.05, 0.1) is 0 Å². The molecule has 0 spiro atoms. The van der Waals surface area contributed by atoms with Crippen molar-refractivity contribution >= 4 is 23.5 Å². The van der Waals surface area contributed by atoms with Crippen molar-refractivity contribution in [3.05, 3.63) is 47.3 Å². The third-order valence-corrected chi connectivity index (χ3v) is 4.51. The lowest BCUT2D eigenvalue weighted by Crippen LogP contribution is -2.48. The van der Waals surface area contributed by atoms with Gasteiger partial charge < -0.3 is 15.1 Å². The molecule has 7 heteroatoms. The van der Waals surface area contributed by atoms with Gasteiger partial charge in [0.2, 0.25) is 11.9 Å². The number of benzene rings is 1. The fourth-order valence-corrected chi connectivity index (χ4v) is 2.99. The second kappa shape index (κ2) is 7.51. The summed E-state index contributed by atoms with van der Waals surface area (Å²) in [4.78, 5) is 36.5. The van der Waals surface area contributed by atoms with Crippen molar-refractivity contribution in [1.29, 1.82) is 0 Å². The molecule has 1 N–H and O–H groups in total. The van der Waals surface area contributed by atoms with Crippen molar-refractivity contribution < 1.29 is 9.59 Å². The van der Waals surface area contributed by atoms with Crippen LogP contribution >= 0.6 is 0 Å². The summed E-state index contributed by atoms with van der Waals surface area (Å²) in [5, 5.41) is 2.91. The van der Waals surface area contributed by atoms with Gasteiger partial charge in [0, 0.05) is 45.0 Å². The first-order chi connectivity index (χ1) is 12.4. The molecule has 0 atom stereocenters. The van der Waals surface area contributed by atoms with Crippen LogP contribution in [0.25, 0.3) is 0 Å². The quantitative estimate of drug-likeness (QED) is 0.913. The normalized spacial score (nSPS) is 14.3. The number of carbonyl (C=O) groups excluding carboxylic acids is 2. The van der Waals surface area contributed by atoms with Gasteiger partial charge in [0.25, 0.3) is 5.91 Å². The second-order valence-corrected chi connectivity index (χ2v) is 6.51. The van der Waals surface area contributed by atoms with E-state index in [0.717, 1.165) is 16.8 Å². The molecule has 1 aromatic carbocycles. The number of aromatic nitrogens is 2. The number of carbonyl (C=O) groups is 2. The number of aryl methyl sites for hydroxylation is 2. The smallest absolute Gasteiger partial charge is 0.274 e. The minimum atomic E-state index is -0.261. The Hall–Kier alpha value is -2.96. The number of hydrogen-bond donors (Lipinski definition) is 1. The van der Waals surface area contributed by atoms with Crippen LogP contribution in [-0.2, 0) is 4.79 Å². The van der Waals surface area contributed by atoms with E-state index < -0.39 is 0 Å². The molecule has 0 bridgehead atoms. The van der Waals surface area contributed by atoms with E-state index in [1.54, 1.807) is 24.1 Å². The molecule has 2 amide bonds. The summed E-state index contributed by atoms with van der Waals surface area (Å²) in [6.45, 7) is 8.13. The van der Waals surface area contributed by atoms with Crippen LogP contribution in [0.4, 0.5) is 11.6 Å². The number of amides is 2. The molecule has 2 heterocycles. The molecule has 0 saturated carbocycles. The fourth-order valence-electron chi connectivity index (χ4n) is 2.99. The molecule has 0 radical (unpaired) electrons. The average Bonchev–Trinajstić information content (AvgIpc) is 2.64. The summed E-state index contributed by atoms with van der Waals surface area (Å²) < 4.78 is 0. The van der Waals surface area contributed by atoms with E-state index in [-0.39, 0.29) is 11.8 Å². The zero-order chi connectivity index (χ0) is 18.7. The number of nitrogens with zero attached hydrogens (tertiary/aromatic N) is 4. The molecule has 1 aliphatic rings. The van der Waals surface area contributed by atoms with E-state index in [0.29, 0.717) is 37.8 Å². The molecular weight excluding hydrogens is 330 g/mol. The molecule has 0 unspecified atom stereocenters. The first kappa shape index (κ1) is 17.8. The van der Waals surface area contributed by atoms with Crippen LogP contribution in [0, 0.1) is 13.8 Å². The molecule has 3 rings (SSSR count). The van der Waals surface area contributed by atoms with E-state index in [2.05, 4.69) is 15.3 Å². The van der Waals surface area contributed by atoms with Crippen molar-refractivity contribution in [2.24, 2.45) is 0 Å². The van der Waals surface area contributed by atoms with Gasteiger partial charge in [0.15, 0.2) is 0 Å². The Morgan fingerprint density at radius 1 is 1.08 bits per heavy atom. The lowest BCUT2D eigenvalue weighted by molar-refractivity contribution is -0.129. The Kier molecular flexibility index (Phi) is 5.16. The minimum Gasteiger partial charge on any atom is -0.339 e. The predicted molar refractivity (Wildman–Crippen MR) is 100 cm³/mol. The Morgan fingerprint density at radius 2 is 1.81 bits per heavy atom. The Balaban J connectivity index is 1.71. The molecule has 1 saturated heterocycles. The maximum atomic E-state index is 12.6. The number of rotatable bonds is 3. The van der Waals surface area contributed by atoms with Gasteiger partial charge in [-0.3, -0.25) is 9.59 Å². The van der Waals surface area contributed by atoms with Crippen molar-refractivity contribution in [3.63, 3.8) is 0 Å². The molecule has 1 aromatic heterocycles. The number of nitrogens with one attached hydrogen (secondary N) is 1. The Bertz CT molecular complexity index is 828. The monoisotopic (exact) mass is 353 g/mol. The standard InChI is InChI=1S/C19H23N5O2/c1-13-4-5-16(14(2)12-13)21-18(26)17-6-7-20-19(22-17)24-10-8-23(9-11-24)15(3)25/h4-7,12H,8-11H2,1-3H3,(H,21,26). The minimum absolute atomic E-state index is 0.0761. The number of hydrogen-bond acceptors (Lipinski definition) is 5. The molecular formula is C19H23N5O2. The maximum absolute atomic E-state index is 12.6. The lowest BCUT2D eigenvalue weighted by Gasteiger charge is -2.34. The maximum Gasteiger partial charge on any atom is 0.274 e. The van der Waals surface area contributed by atoms with Gasteiger partial charge in [-0.15, -0.1) is 0 Å². The summed E-state index contributed by atoms with van der Waals surface area (Å²) in [5.41, 5.74) is 3.25. The van der Waals surface area contributed by atoms with Crippen LogP contribution in [0.1, 0.15) is 28.5 Å². The van der Waals surface area contributed by atoms with Crippen molar-refractivity contribution in [2.45, 2.75) is 20.8 Å². The summed E-state index contributed by atoms with van der Waals surface area (Å²) >= 11 is 0. The first-order valence-electron chi connectivity index (χ1n) is 8.66. The zero-order valence-electron chi connectivity index (χ0n) is 15.3. The highest BCUT2D eigenvalue weighted by atomic mass is 16.2. The summed E-state index contributed by atoms with van der Waals surface area (Å²) in [7, 11) is 0. The molecule has 136 valence electrons. The highest BCUT2D eigenvalue weighted by molar-refractivity contribution is 6.03. The topological polar surface area (TPSA) is 78.4 Å². The van der Waals surface area contributed by atoms with Gasteiger partial charge in [-0.05, 0) is 31.5 Å². The second-order valence-electron chi connectivity index (χ2n) is 6.51. The van der Waals surface area contributed by atoms with Gasteiger partial charge in [-0.1, -0.05) is 17.7 Å². The Morgan fingerprint density at radius 3 is 2.46 bits per heavy atom. The van der Waals surface area contributed by atoms with Gasteiger partial charge in [-0.2, -0.15) is 0 Å². The Labute approximate surface area is 153 Å². The molecule has 26 heavy (non-hydrogen) atoms. The first-order valence-corrected chi connectivity index (χ1v) is 8.66. The molecule has 2 aromatic rings. The van der Waals surface area contributed by atoms with Crippen LogP contribution in [0.2, 0.25) is 0 Å². The third kappa shape index (κ3) is 3.99. The van der Waals surface area contributed by atoms with Crippen LogP contribution in [0.15, 0.2) is 30.5 Å². The van der Waals surface area contributed by atoms with Crippen LogP contribution in [0.5, 0.6) is 0 Å². The summed E-state index contributed by atoms with van der Waals surface area (Å²) in [6, 6.07) is 7.48. The molecule has 7 nitrogen and oxygen atoms in total. The van der Waals surface area contributed by atoms with Gasteiger partial charge in [0.1, 0.15) is 5.69 Å². The van der Waals surface area contributed by atoms with Crippen LogP contribution < -0.4 is 10.2 Å². The van der Waals surface area contributed by atoms with Crippen LogP contribution in [-0.4, -0.2) is 52.9 Å². The highest BCUT2D eigenvalue weighted by Crippen LogP contribution is 2.17. The van der Waals surface area contributed by atoms with Gasteiger partial charge >= 0.3 is 0 Å². The van der Waals surface area contributed by atoms with Crippen LogP contribution in [0.3, 0.4) is 0 Å². The van der Waals surface area contributed by atoms with E-state index in [4.69, 9.17) is 0 Å². The molecule has 1 aliphatic heterocycles. The summed E-state index contributed by atoms with van der Waals surface area (Å²) in [6.07, 6.45) is 1.59. The SMILES string of the molecule is CC(=O)N1CCN(c2nccc(C(=O)Nc3ccc(C)cc3C)n2)CC1. The van der Waals surface area contributed by atoms with Crippen molar-refractivity contribution in [3.8, 4) is 0 Å². The van der Waals surface area contributed by atoms with E-state index in [1.807, 2.05) is 36.9 Å². The molecule has 1 fully saturated rings. The van der Waals surface area contributed by atoms with Crippen molar-refractivity contribution in [1.82, 2.24) is 14.9 Å². The fraction of sp³-hybridized carbons (Fsp3) is 0.368. The molecule has 0 aliphatic carbocycles. The highest BCUT2D eigenvalue weighted by Gasteiger charge is 2.21. The largest absolute Gasteiger partial charge is 0.339 e. The average molecular weight is 353 g/mol. The lowest BCUT2D eigenvalue weighted by atomic mass is 10.1. The van der Waals surface area contributed by atoms with Gasteiger partial charge in [-0.25, -0.2) is 9.97 Å². The predicted octanol–water partition coefficient (Wildman–Crippen LogP) is 2.01.